The molecule has 1 atom stereocenters. The van der Waals surface area contributed by atoms with Crippen LogP contribution in [0.25, 0.3) is 0 Å². The Hall–Kier alpha value is -2.56. The molecule has 0 saturated carbocycles. The molecule has 23 heavy (non-hydrogen) atoms. The summed E-state index contributed by atoms with van der Waals surface area (Å²) in [6.45, 7) is 3.86. The lowest BCUT2D eigenvalue weighted by Gasteiger charge is -2.13. The summed E-state index contributed by atoms with van der Waals surface area (Å²) >= 11 is 0. The molecule has 2 aromatic rings. The van der Waals surface area contributed by atoms with Gasteiger partial charge in [-0.3, -0.25) is 9.59 Å². The Labute approximate surface area is 136 Å². The molecule has 2 amide bonds. The topological polar surface area (TPSA) is 71.3 Å². The summed E-state index contributed by atoms with van der Waals surface area (Å²) in [5.41, 5.74) is 1.64. The van der Waals surface area contributed by atoms with Crippen molar-refractivity contribution in [2.24, 2.45) is 0 Å². The Kier molecular flexibility index (Phi) is 5.97. The lowest BCUT2D eigenvalue weighted by Crippen LogP contribution is -2.41. The maximum absolute atomic E-state index is 11.9. The molecule has 1 aromatic heterocycles. The monoisotopic (exact) mass is 314 g/mol. The van der Waals surface area contributed by atoms with Gasteiger partial charge in [-0.15, -0.1) is 0 Å². The molecule has 0 spiro atoms. The van der Waals surface area contributed by atoms with E-state index in [2.05, 4.69) is 10.6 Å². The molecule has 2 rings (SSSR count). The minimum Gasteiger partial charge on any atom is -0.469 e. The molecule has 1 aromatic carbocycles. The SMILES string of the molecule is Cc1ccc(C(=O)NCC(=O)N[C@H](C)CCc2ccco2)cc1. The van der Waals surface area contributed by atoms with Gasteiger partial charge in [-0.05, 0) is 44.5 Å². The van der Waals surface area contributed by atoms with E-state index >= 15 is 0 Å². The minimum atomic E-state index is -0.247. The van der Waals surface area contributed by atoms with E-state index in [9.17, 15) is 9.59 Å². The predicted molar refractivity (Wildman–Crippen MR) is 88.1 cm³/mol. The highest BCUT2D eigenvalue weighted by atomic mass is 16.3. The van der Waals surface area contributed by atoms with Crippen LogP contribution in [0.5, 0.6) is 0 Å². The van der Waals surface area contributed by atoms with Crippen molar-refractivity contribution in [1.82, 2.24) is 10.6 Å². The van der Waals surface area contributed by atoms with Gasteiger partial charge >= 0.3 is 0 Å². The summed E-state index contributed by atoms with van der Waals surface area (Å²) in [4.78, 5) is 23.8. The molecule has 5 heteroatoms. The van der Waals surface area contributed by atoms with Crippen molar-refractivity contribution < 1.29 is 14.0 Å². The van der Waals surface area contributed by atoms with Crippen molar-refractivity contribution in [2.75, 3.05) is 6.54 Å². The summed E-state index contributed by atoms with van der Waals surface area (Å²) in [6, 6.07) is 11.0. The van der Waals surface area contributed by atoms with E-state index < -0.39 is 0 Å². The van der Waals surface area contributed by atoms with Crippen LogP contribution in [0.3, 0.4) is 0 Å². The van der Waals surface area contributed by atoms with Crippen LogP contribution in [0, 0.1) is 6.92 Å². The average molecular weight is 314 g/mol. The maximum atomic E-state index is 11.9. The largest absolute Gasteiger partial charge is 0.469 e. The molecule has 0 saturated heterocycles. The van der Waals surface area contributed by atoms with Crippen LogP contribution in [0.15, 0.2) is 47.1 Å². The van der Waals surface area contributed by atoms with Gasteiger partial charge in [0.2, 0.25) is 5.91 Å². The third-order valence-corrected chi connectivity index (χ3v) is 3.53. The van der Waals surface area contributed by atoms with Gasteiger partial charge in [0.05, 0.1) is 12.8 Å². The van der Waals surface area contributed by atoms with Gasteiger partial charge in [0, 0.05) is 18.0 Å². The van der Waals surface area contributed by atoms with Crippen molar-refractivity contribution in [3.05, 3.63) is 59.5 Å². The van der Waals surface area contributed by atoms with E-state index in [0.29, 0.717) is 5.56 Å². The lowest BCUT2D eigenvalue weighted by atomic mass is 10.1. The van der Waals surface area contributed by atoms with E-state index in [-0.39, 0.29) is 24.4 Å². The predicted octanol–water partition coefficient (Wildman–Crippen LogP) is 2.46. The molecular formula is C18H22N2O3. The fourth-order valence-corrected chi connectivity index (χ4v) is 2.18. The van der Waals surface area contributed by atoms with Crippen molar-refractivity contribution in [3.8, 4) is 0 Å². The van der Waals surface area contributed by atoms with Crippen LogP contribution in [-0.4, -0.2) is 24.4 Å². The third-order valence-electron chi connectivity index (χ3n) is 3.53. The summed E-state index contributed by atoms with van der Waals surface area (Å²) in [5.74, 6) is 0.458. The van der Waals surface area contributed by atoms with Crippen molar-refractivity contribution >= 4 is 11.8 Å². The van der Waals surface area contributed by atoms with Gasteiger partial charge in [0.15, 0.2) is 0 Å². The molecule has 122 valence electrons. The Morgan fingerprint density at radius 2 is 1.91 bits per heavy atom. The van der Waals surface area contributed by atoms with E-state index in [1.165, 1.54) is 0 Å². The Bertz CT molecular complexity index is 633. The first kappa shape index (κ1) is 16.8. The number of benzene rings is 1. The number of aryl methyl sites for hydroxylation is 2. The van der Waals surface area contributed by atoms with Crippen molar-refractivity contribution in [2.45, 2.75) is 32.7 Å². The van der Waals surface area contributed by atoms with Crippen molar-refractivity contribution in [3.63, 3.8) is 0 Å². The third kappa shape index (κ3) is 5.62. The second-order valence-corrected chi connectivity index (χ2v) is 5.64. The zero-order chi connectivity index (χ0) is 16.7. The molecule has 0 unspecified atom stereocenters. The number of nitrogens with one attached hydrogen (secondary N) is 2. The summed E-state index contributed by atoms with van der Waals surface area (Å²) in [6.07, 6.45) is 3.19. The molecule has 0 aliphatic carbocycles. The summed E-state index contributed by atoms with van der Waals surface area (Å²) in [7, 11) is 0. The zero-order valence-electron chi connectivity index (χ0n) is 13.5. The highest BCUT2D eigenvalue weighted by molar-refractivity contribution is 5.96. The number of carbonyl (C=O) groups is 2. The summed E-state index contributed by atoms with van der Waals surface area (Å²) in [5, 5.41) is 5.49. The first-order chi connectivity index (χ1) is 11.0. The van der Waals surface area contributed by atoms with Gasteiger partial charge in [-0.25, -0.2) is 0 Å². The number of carbonyl (C=O) groups excluding carboxylic acids is 2. The fraction of sp³-hybridized carbons (Fsp3) is 0.333. The molecule has 0 bridgehead atoms. The lowest BCUT2D eigenvalue weighted by molar-refractivity contribution is -0.120. The number of furan rings is 1. The maximum Gasteiger partial charge on any atom is 0.251 e. The Morgan fingerprint density at radius 3 is 2.57 bits per heavy atom. The van der Waals surface area contributed by atoms with Crippen LogP contribution >= 0.6 is 0 Å². The Balaban J connectivity index is 1.69. The molecular weight excluding hydrogens is 292 g/mol. The number of hydrogen-bond donors (Lipinski definition) is 2. The standard InChI is InChI=1S/C18H22N2O3/c1-13-5-8-15(9-6-13)18(22)19-12-17(21)20-14(2)7-10-16-4-3-11-23-16/h3-6,8-9,11,14H,7,10,12H2,1-2H3,(H,19,22)(H,20,21)/t14-/m1/s1. The van der Waals surface area contributed by atoms with Crippen LogP contribution in [0.2, 0.25) is 0 Å². The van der Waals surface area contributed by atoms with Gasteiger partial charge in [0.25, 0.3) is 5.91 Å². The van der Waals surface area contributed by atoms with Crippen LogP contribution in [0.1, 0.15) is 35.0 Å². The fourth-order valence-electron chi connectivity index (χ4n) is 2.18. The average Bonchev–Trinajstić information content (AvgIpc) is 3.05. The molecule has 5 nitrogen and oxygen atoms in total. The van der Waals surface area contributed by atoms with Gasteiger partial charge < -0.3 is 15.1 Å². The molecule has 2 N–H and O–H groups in total. The van der Waals surface area contributed by atoms with E-state index in [1.807, 2.05) is 38.1 Å². The quantitative estimate of drug-likeness (QED) is 0.824. The Morgan fingerprint density at radius 1 is 1.17 bits per heavy atom. The number of rotatable bonds is 7. The van der Waals surface area contributed by atoms with E-state index in [0.717, 1.165) is 24.2 Å². The first-order valence-corrected chi connectivity index (χ1v) is 7.71. The van der Waals surface area contributed by atoms with Crippen LogP contribution in [0.4, 0.5) is 0 Å². The summed E-state index contributed by atoms with van der Waals surface area (Å²) < 4.78 is 5.26. The molecule has 1 heterocycles. The first-order valence-electron chi connectivity index (χ1n) is 7.71. The van der Waals surface area contributed by atoms with E-state index in [4.69, 9.17) is 4.42 Å². The molecule has 0 radical (unpaired) electrons. The van der Waals surface area contributed by atoms with Gasteiger partial charge in [0.1, 0.15) is 5.76 Å². The van der Waals surface area contributed by atoms with Gasteiger partial charge in [-0.2, -0.15) is 0 Å². The molecule has 0 aliphatic heterocycles. The highest BCUT2D eigenvalue weighted by Crippen LogP contribution is 2.05. The van der Waals surface area contributed by atoms with Gasteiger partial charge in [-0.1, -0.05) is 17.7 Å². The number of hydrogen-bond acceptors (Lipinski definition) is 3. The van der Waals surface area contributed by atoms with Crippen LogP contribution < -0.4 is 10.6 Å². The van der Waals surface area contributed by atoms with Crippen molar-refractivity contribution in [1.29, 1.82) is 0 Å². The second-order valence-electron chi connectivity index (χ2n) is 5.64. The minimum absolute atomic E-state index is 0.0175. The van der Waals surface area contributed by atoms with Crippen LogP contribution in [-0.2, 0) is 11.2 Å². The zero-order valence-corrected chi connectivity index (χ0v) is 13.5. The second kappa shape index (κ2) is 8.17. The molecule has 0 fully saturated rings. The highest BCUT2D eigenvalue weighted by Gasteiger charge is 2.11. The molecule has 0 aliphatic rings. The van der Waals surface area contributed by atoms with E-state index in [1.54, 1.807) is 18.4 Å². The number of amides is 2. The smallest absolute Gasteiger partial charge is 0.251 e. The normalized spacial score (nSPS) is 11.7.